The third-order valence-electron chi connectivity index (χ3n) is 3.58. The molecule has 0 unspecified atom stereocenters. The molecule has 0 aliphatic carbocycles. The van der Waals surface area contributed by atoms with Crippen LogP contribution in [-0.4, -0.2) is 36.8 Å². The minimum atomic E-state index is 0.708. The summed E-state index contributed by atoms with van der Waals surface area (Å²) in [6.07, 6.45) is 3.35. The molecule has 0 radical (unpaired) electrons. The van der Waals surface area contributed by atoms with Crippen molar-refractivity contribution in [3.63, 3.8) is 0 Å². The first-order valence-electron chi connectivity index (χ1n) is 6.81. The SMILES string of the molecule is CCc1cc(N2CCC(COC)CC2)nc(C)n1. The van der Waals surface area contributed by atoms with Gasteiger partial charge in [-0.3, -0.25) is 0 Å². The van der Waals surface area contributed by atoms with Crippen molar-refractivity contribution in [1.82, 2.24) is 9.97 Å². The van der Waals surface area contributed by atoms with E-state index in [0.29, 0.717) is 5.92 Å². The van der Waals surface area contributed by atoms with Crippen molar-refractivity contribution in [1.29, 1.82) is 0 Å². The molecule has 0 amide bonds. The van der Waals surface area contributed by atoms with Gasteiger partial charge in [-0.05, 0) is 32.1 Å². The smallest absolute Gasteiger partial charge is 0.132 e. The molecule has 100 valence electrons. The Hall–Kier alpha value is -1.16. The molecular formula is C14H23N3O. The van der Waals surface area contributed by atoms with Crippen LogP contribution in [0.4, 0.5) is 5.82 Å². The van der Waals surface area contributed by atoms with Gasteiger partial charge in [0.15, 0.2) is 0 Å². The summed E-state index contributed by atoms with van der Waals surface area (Å²) in [5.41, 5.74) is 1.14. The molecule has 2 rings (SSSR count). The van der Waals surface area contributed by atoms with E-state index in [1.807, 2.05) is 6.92 Å². The summed E-state index contributed by atoms with van der Waals surface area (Å²) >= 11 is 0. The largest absolute Gasteiger partial charge is 0.384 e. The number of ether oxygens (including phenoxy) is 1. The summed E-state index contributed by atoms with van der Waals surface area (Å²) in [4.78, 5) is 11.4. The van der Waals surface area contributed by atoms with Crippen molar-refractivity contribution in [2.75, 3.05) is 31.7 Å². The van der Waals surface area contributed by atoms with Crippen molar-refractivity contribution >= 4 is 5.82 Å². The topological polar surface area (TPSA) is 38.2 Å². The van der Waals surface area contributed by atoms with Gasteiger partial charge >= 0.3 is 0 Å². The highest BCUT2D eigenvalue weighted by Gasteiger charge is 2.20. The average Bonchev–Trinajstić information content (AvgIpc) is 2.39. The molecule has 0 spiro atoms. The Balaban J connectivity index is 2.02. The maximum absolute atomic E-state index is 5.23. The molecule has 0 atom stereocenters. The maximum Gasteiger partial charge on any atom is 0.132 e. The summed E-state index contributed by atoms with van der Waals surface area (Å²) < 4.78 is 5.23. The van der Waals surface area contributed by atoms with Crippen LogP contribution in [0.3, 0.4) is 0 Å². The lowest BCUT2D eigenvalue weighted by molar-refractivity contribution is 0.139. The zero-order valence-corrected chi connectivity index (χ0v) is 11.6. The number of piperidine rings is 1. The van der Waals surface area contributed by atoms with Crippen LogP contribution >= 0.6 is 0 Å². The summed E-state index contributed by atoms with van der Waals surface area (Å²) in [7, 11) is 1.79. The zero-order chi connectivity index (χ0) is 13.0. The van der Waals surface area contributed by atoms with E-state index in [4.69, 9.17) is 4.74 Å². The quantitative estimate of drug-likeness (QED) is 0.820. The van der Waals surface area contributed by atoms with Gasteiger partial charge in [0.2, 0.25) is 0 Å². The lowest BCUT2D eigenvalue weighted by Crippen LogP contribution is -2.35. The van der Waals surface area contributed by atoms with Gasteiger partial charge in [0.25, 0.3) is 0 Å². The molecule has 2 heterocycles. The van der Waals surface area contributed by atoms with E-state index in [-0.39, 0.29) is 0 Å². The van der Waals surface area contributed by atoms with Crippen molar-refractivity contribution in [3.05, 3.63) is 17.6 Å². The molecule has 18 heavy (non-hydrogen) atoms. The fraction of sp³-hybridized carbons (Fsp3) is 0.714. The second-order valence-corrected chi connectivity index (χ2v) is 5.00. The lowest BCUT2D eigenvalue weighted by Gasteiger charge is -2.32. The summed E-state index contributed by atoms with van der Waals surface area (Å²) in [6.45, 7) is 7.15. The van der Waals surface area contributed by atoms with E-state index >= 15 is 0 Å². The fourth-order valence-electron chi connectivity index (χ4n) is 2.52. The van der Waals surface area contributed by atoms with Gasteiger partial charge in [-0.2, -0.15) is 0 Å². The van der Waals surface area contributed by atoms with Gasteiger partial charge in [0, 0.05) is 38.6 Å². The van der Waals surface area contributed by atoms with Crippen LogP contribution in [0, 0.1) is 12.8 Å². The van der Waals surface area contributed by atoms with E-state index in [9.17, 15) is 0 Å². The van der Waals surface area contributed by atoms with Gasteiger partial charge in [-0.25, -0.2) is 9.97 Å². The molecular weight excluding hydrogens is 226 g/mol. The summed E-state index contributed by atoms with van der Waals surface area (Å²) in [5, 5.41) is 0. The molecule has 1 saturated heterocycles. The highest BCUT2D eigenvalue weighted by molar-refractivity contribution is 5.40. The monoisotopic (exact) mass is 249 g/mol. The Kier molecular flexibility index (Phi) is 4.53. The van der Waals surface area contributed by atoms with Gasteiger partial charge in [0.05, 0.1) is 0 Å². The van der Waals surface area contributed by atoms with Crippen molar-refractivity contribution in [3.8, 4) is 0 Å². The first kappa shape index (κ1) is 13.3. The number of rotatable bonds is 4. The number of hydrogen-bond donors (Lipinski definition) is 0. The number of methoxy groups -OCH3 is 1. The van der Waals surface area contributed by atoms with Gasteiger partial charge in [-0.1, -0.05) is 6.92 Å². The van der Waals surface area contributed by atoms with Crippen LogP contribution < -0.4 is 4.90 Å². The van der Waals surface area contributed by atoms with E-state index < -0.39 is 0 Å². The first-order valence-corrected chi connectivity index (χ1v) is 6.81. The lowest BCUT2D eigenvalue weighted by atomic mass is 9.98. The standard InChI is InChI=1S/C14H23N3O/c1-4-13-9-14(16-11(2)15-13)17-7-5-12(6-8-17)10-18-3/h9,12H,4-8,10H2,1-3H3. The van der Waals surface area contributed by atoms with Gasteiger partial charge in [0.1, 0.15) is 11.6 Å². The van der Waals surface area contributed by atoms with Gasteiger partial charge < -0.3 is 9.64 Å². The molecule has 1 aromatic heterocycles. The molecule has 1 aromatic rings. The Bertz CT molecular complexity index is 387. The number of anilines is 1. The van der Waals surface area contributed by atoms with Crippen molar-refractivity contribution < 1.29 is 4.74 Å². The normalized spacial score (nSPS) is 17.2. The van der Waals surface area contributed by atoms with E-state index in [2.05, 4.69) is 27.9 Å². The fourth-order valence-corrected chi connectivity index (χ4v) is 2.52. The molecule has 0 N–H and O–H groups in total. The molecule has 4 heteroatoms. The third-order valence-corrected chi connectivity index (χ3v) is 3.58. The van der Waals surface area contributed by atoms with Crippen LogP contribution in [0.5, 0.6) is 0 Å². The minimum Gasteiger partial charge on any atom is -0.384 e. The summed E-state index contributed by atoms with van der Waals surface area (Å²) in [6, 6.07) is 2.13. The Morgan fingerprint density at radius 1 is 1.33 bits per heavy atom. The van der Waals surface area contributed by atoms with Gasteiger partial charge in [-0.15, -0.1) is 0 Å². The number of hydrogen-bond acceptors (Lipinski definition) is 4. The number of aromatic nitrogens is 2. The van der Waals surface area contributed by atoms with Crippen LogP contribution in [0.25, 0.3) is 0 Å². The van der Waals surface area contributed by atoms with Crippen LogP contribution in [0.1, 0.15) is 31.3 Å². The highest BCUT2D eigenvalue weighted by Crippen LogP contribution is 2.22. The first-order chi connectivity index (χ1) is 8.72. The Labute approximate surface area is 109 Å². The van der Waals surface area contributed by atoms with Crippen LogP contribution in [0.2, 0.25) is 0 Å². The molecule has 0 saturated carbocycles. The number of aryl methyl sites for hydroxylation is 2. The predicted molar refractivity (Wildman–Crippen MR) is 73.0 cm³/mol. The van der Waals surface area contributed by atoms with Crippen molar-refractivity contribution in [2.45, 2.75) is 33.1 Å². The maximum atomic E-state index is 5.23. The van der Waals surface area contributed by atoms with Crippen molar-refractivity contribution in [2.24, 2.45) is 5.92 Å². The minimum absolute atomic E-state index is 0.708. The number of nitrogens with zero attached hydrogens (tertiary/aromatic N) is 3. The third kappa shape index (κ3) is 3.19. The Morgan fingerprint density at radius 3 is 2.67 bits per heavy atom. The van der Waals surface area contributed by atoms with E-state index in [0.717, 1.165) is 43.5 Å². The van der Waals surface area contributed by atoms with E-state index in [1.165, 1.54) is 12.8 Å². The van der Waals surface area contributed by atoms with E-state index in [1.54, 1.807) is 7.11 Å². The zero-order valence-electron chi connectivity index (χ0n) is 11.6. The molecule has 1 fully saturated rings. The average molecular weight is 249 g/mol. The highest BCUT2D eigenvalue weighted by atomic mass is 16.5. The second-order valence-electron chi connectivity index (χ2n) is 5.00. The van der Waals surface area contributed by atoms with Crippen LogP contribution in [-0.2, 0) is 11.2 Å². The molecule has 4 nitrogen and oxygen atoms in total. The molecule has 1 aliphatic heterocycles. The molecule has 1 aliphatic rings. The Morgan fingerprint density at radius 2 is 2.06 bits per heavy atom. The van der Waals surface area contributed by atoms with Crippen LogP contribution in [0.15, 0.2) is 6.07 Å². The predicted octanol–water partition coefficient (Wildman–Crippen LogP) is 2.21. The molecule has 0 bridgehead atoms. The second kappa shape index (κ2) is 6.14. The molecule has 0 aromatic carbocycles. The summed E-state index contributed by atoms with van der Waals surface area (Å²) in [5.74, 6) is 2.68.